The van der Waals surface area contributed by atoms with E-state index in [0.29, 0.717) is 24.4 Å². The van der Waals surface area contributed by atoms with Gasteiger partial charge in [0.1, 0.15) is 18.0 Å². The van der Waals surface area contributed by atoms with Crippen molar-refractivity contribution < 1.29 is 22.7 Å². The summed E-state index contributed by atoms with van der Waals surface area (Å²) >= 11 is 0. The quantitative estimate of drug-likeness (QED) is 0.884. The van der Waals surface area contributed by atoms with Gasteiger partial charge in [-0.25, -0.2) is 0 Å². The van der Waals surface area contributed by atoms with Gasteiger partial charge in [0, 0.05) is 6.20 Å². The van der Waals surface area contributed by atoms with Crippen molar-refractivity contribution >= 4 is 11.6 Å². The summed E-state index contributed by atoms with van der Waals surface area (Å²) in [6.07, 6.45) is -3.66. The smallest absolute Gasteiger partial charge is 0.417 e. The van der Waals surface area contributed by atoms with Gasteiger partial charge in [-0.05, 0) is 24.1 Å². The average Bonchev–Trinajstić information content (AvgIpc) is 2.55. The number of anilines is 1. The van der Waals surface area contributed by atoms with Crippen LogP contribution < -0.4 is 15.6 Å². The van der Waals surface area contributed by atoms with Crippen LogP contribution in [0, 0.1) is 5.92 Å². The number of carbonyl (C=O) groups excluding carboxylic acids is 1. The zero-order valence-corrected chi connectivity index (χ0v) is 12.3. The highest BCUT2D eigenvalue weighted by Gasteiger charge is 2.32. The number of alkyl halides is 3. The number of rotatable bonds is 2. The van der Waals surface area contributed by atoms with E-state index in [2.05, 4.69) is 5.32 Å². The number of amides is 1. The Morgan fingerprint density at radius 3 is 2.79 bits per heavy atom. The van der Waals surface area contributed by atoms with Crippen LogP contribution in [0.4, 0.5) is 18.9 Å². The van der Waals surface area contributed by atoms with Gasteiger partial charge in [-0.2, -0.15) is 13.2 Å². The number of pyridine rings is 1. The molecule has 3 rings (SSSR count). The van der Waals surface area contributed by atoms with Crippen LogP contribution in [0.3, 0.4) is 0 Å². The number of ether oxygens (including phenoxy) is 1. The Labute approximate surface area is 134 Å². The van der Waals surface area contributed by atoms with Crippen molar-refractivity contribution in [3.63, 3.8) is 0 Å². The van der Waals surface area contributed by atoms with Crippen molar-refractivity contribution in [2.75, 3.05) is 11.9 Å². The first-order chi connectivity index (χ1) is 11.3. The lowest BCUT2D eigenvalue weighted by Gasteiger charge is -2.24. The van der Waals surface area contributed by atoms with Crippen LogP contribution in [0.15, 0.2) is 41.3 Å². The number of halogens is 3. The third-order valence-electron chi connectivity index (χ3n) is 3.74. The molecule has 0 spiro atoms. The molecule has 1 atom stereocenters. The van der Waals surface area contributed by atoms with Crippen LogP contribution in [0.5, 0.6) is 5.75 Å². The normalized spacial score (nSPS) is 16.9. The zero-order valence-electron chi connectivity index (χ0n) is 12.3. The second-order valence-corrected chi connectivity index (χ2v) is 5.44. The second kappa shape index (κ2) is 6.03. The summed E-state index contributed by atoms with van der Waals surface area (Å²) in [6, 6.07) is 7.82. The molecule has 1 amide bonds. The van der Waals surface area contributed by atoms with Crippen LogP contribution in [-0.2, 0) is 17.4 Å². The van der Waals surface area contributed by atoms with Crippen LogP contribution in [0.1, 0.15) is 11.1 Å². The van der Waals surface area contributed by atoms with E-state index in [-0.39, 0.29) is 6.61 Å². The fraction of sp³-hybridized carbons (Fsp3) is 0.250. The maximum atomic E-state index is 12.7. The van der Waals surface area contributed by atoms with E-state index in [9.17, 15) is 22.8 Å². The van der Waals surface area contributed by atoms with Crippen molar-refractivity contribution in [2.45, 2.75) is 12.6 Å². The summed E-state index contributed by atoms with van der Waals surface area (Å²) in [7, 11) is 0. The molecule has 2 N–H and O–H groups in total. The molecule has 0 aliphatic carbocycles. The number of hydrogen-bond acceptors (Lipinski definition) is 3. The molecule has 1 aromatic heterocycles. The van der Waals surface area contributed by atoms with E-state index in [1.54, 1.807) is 18.2 Å². The fourth-order valence-electron chi connectivity index (χ4n) is 2.47. The summed E-state index contributed by atoms with van der Waals surface area (Å²) in [5, 5.41) is 2.26. The van der Waals surface area contributed by atoms with Gasteiger partial charge >= 0.3 is 6.18 Å². The molecule has 0 saturated heterocycles. The van der Waals surface area contributed by atoms with Crippen molar-refractivity contribution in [1.82, 2.24) is 4.98 Å². The first kappa shape index (κ1) is 16.1. The summed E-state index contributed by atoms with van der Waals surface area (Å²) in [5.41, 5.74) is -1.44. The molecule has 0 fully saturated rings. The van der Waals surface area contributed by atoms with Gasteiger partial charge in [0.25, 0.3) is 5.56 Å². The summed E-state index contributed by atoms with van der Waals surface area (Å²) < 4.78 is 43.6. The molecule has 0 radical (unpaired) electrons. The molecule has 0 saturated carbocycles. The third-order valence-corrected chi connectivity index (χ3v) is 3.74. The minimum Gasteiger partial charge on any atom is -0.492 e. The monoisotopic (exact) mass is 338 g/mol. The maximum absolute atomic E-state index is 12.7. The summed E-state index contributed by atoms with van der Waals surface area (Å²) in [5.74, 6) is -0.471. The molecule has 1 aliphatic rings. The molecule has 1 aromatic carbocycles. The topological polar surface area (TPSA) is 71.2 Å². The Morgan fingerprint density at radius 1 is 1.29 bits per heavy atom. The zero-order chi connectivity index (χ0) is 17.3. The first-order valence-electron chi connectivity index (χ1n) is 7.16. The van der Waals surface area contributed by atoms with E-state index >= 15 is 0 Å². The molecule has 1 unspecified atom stereocenters. The van der Waals surface area contributed by atoms with Crippen LogP contribution in [0.25, 0.3) is 0 Å². The molecule has 2 heterocycles. The Kier molecular flexibility index (Phi) is 4.04. The first-order valence-corrected chi connectivity index (χ1v) is 7.16. The number of carbonyl (C=O) groups is 1. The Morgan fingerprint density at radius 2 is 2.04 bits per heavy atom. The maximum Gasteiger partial charge on any atom is 0.417 e. The predicted octanol–water partition coefficient (Wildman–Crippen LogP) is 2.58. The molecule has 24 heavy (non-hydrogen) atoms. The van der Waals surface area contributed by atoms with E-state index in [1.807, 2.05) is 11.1 Å². The number of hydrogen-bond donors (Lipinski definition) is 2. The molecule has 2 aromatic rings. The number of para-hydroxylation sites is 1. The van der Waals surface area contributed by atoms with E-state index < -0.39 is 34.8 Å². The van der Waals surface area contributed by atoms with Crippen LogP contribution in [0.2, 0.25) is 0 Å². The lowest BCUT2D eigenvalue weighted by Crippen LogP contribution is -2.34. The van der Waals surface area contributed by atoms with Gasteiger partial charge in [-0.1, -0.05) is 18.2 Å². The second-order valence-electron chi connectivity index (χ2n) is 5.44. The average molecular weight is 338 g/mol. The molecule has 8 heteroatoms. The molecular formula is C16H13F3N2O3. The molecular weight excluding hydrogens is 325 g/mol. The molecule has 5 nitrogen and oxygen atoms in total. The minimum absolute atomic E-state index is 0.0969. The van der Waals surface area contributed by atoms with E-state index in [4.69, 9.17) is 4.74 Å². The van der Waals surface area contributed by atoms with E-state index in [1.165, 1.54) is 0 Å². The largest absolute Gasteiger partial charge is 0.492 e. The lowest BCUT2D eigenvalue weighted by molar-refractivity contribution is -0.137. The minimum atomic E-state index is -4.61. The fourth-order valence-corrected chi connectivity index (χ4v) is 2.47. The number of H-pyrrole nitrogens is 1. The number of aromatic nitrogens is 1. The van der Waals surface area contributed by atoms with Crippen molar-refractivity contribution in [3.8, 4) is 5.75 Å². The standard InChI is InChI=1S/C16H13F3N2O3/c17-16(18,19)11-6-12(15(23)20-7-11)21-14(22)10-5-9-3-1-2-4-13(9)24-8-10/h1-4,6-7,10H,5,8H2,(H,20,23)(H,21,22). The Bertz CT molecular complexity index is 830. The van der Waals surface area contributed by atoms with Crippen molar-refractivity contribution in [3.05, 3.63) is 58.0 Å². The highest BCUT2D eigenvalue weighted by atomic mass is 19.4. The van der Waals surface area contributed by atoms with Crippen molar-refractivity contribution in [2.24, 2.45) is 5.92 Å². The van der Waals surface area contributed by atoms with Crippen LogP contribution in [-0.4, -0.2) is 17.5 Å². The Balaban J connectivity index is 1.77. The summed E-state index contributed by atoms with van der Waals surface area (Å²) in [6.45, 7) is 0.0969. The SMILES string of the molecule is O=C(Nc1cc(C(F)(F)F)c[nH]c1=O)C1COc2ccccc2C1. The number of aromatic amines is 1. The van der Waals surface area contributed by atoms with Gasteiger partial charge < -0.3 is 15.0 Å². The van der Waals surface area contributed by atoms with Gasteiger partial charge in [0.2, 0.25) is 5.91 Å². The van der Waals surface area contributed by atoms with E-state index in [0.717, 1.165) is 5.56 Å². The lowest BCUT2D eigenvalue weighted by atomic mass is 9.96. The molecule has 1 aliphatic heterocycles. The highest BCUT2D eigenvalue weighted by Crippen LogP contribution is 2.30. The number of nitrogens with one attached hydrogen (secondary N) is 2. The van der Waals surface area contributed by atoms with Crippen LogP contribution >= 0.6 is 0 Å². The molecule has 126 valence electrons. The van der Waals surface area contributed by atoms with Crippen molar-refractivity contribution in [1.29, 1.82) is 0 Å². The van der Waals surface area contributed by atoms with Gasteiger partial charge in [0.05, 0.1) is 11.5 Å². The molecule has 0 bridgehead atoms. The predicted molar refractivity (Wildman–Crippen MR) is 79.8 cm³/mol. The number of benzene rings is 1. The van der Waals surface area contributed by atoms with Gasteiger partial charge in [-0.3, -0.25) is 9.59 Å². The van der Waals surface area contributed by atoms with Gasteiger partial charge in [-0.15, -0.1) is 0 Å². The Hall–Kier alpha value is -2.77. The number of fused-ring (bicyclic) bond motifs is 1. The third kappa shape index (κ3) is 3.27. The summed E-state index contributed by atoms with van der Waals surface area (Å²) in [4.78, 5) is 25.9. The van der Waals surface area contributed by atoms with Gasteiger partial charge in [0.15, 0.2) is 0 Å². The highest BCUT2D eigenvalue weighted by molar-refractivity contribution is 5.93.